The maximum atomic E-state index is 12.5. The lowest BCUT2D eigenvalue weighted by Gasteiger charge is -2.10. The first-order valence-electron chi connectivity index (χ1n) is 7.43. The van der Waals surface area contributed by atoms with Gasteiger partial charge in [0.25, 0.3) is 5.91 Å². The van der Waals surface area contributed by atoms with E-state index in [1.54, 1.807) is 0 Å². The molecule has 5 heteroatoms. The number of nitrogens with one attached hydrogen (secondary N) is 1. The van der Waals surface area contributed by atoms with Gasteiger partial charge in [-0.25, -0.2) is 4.98 Å². The first-order chi connectivity index (χ1) is 10.0. The SMILES string of the molecule is CCc1nc2ccc(C)cn2c1C(=O)NCCCN(C)C. The number of hydrogen-bond donors (Lipinski definition) is 1. The minimum absolute atomic E-state index is 0.0382. The van der Waals surface area contributed by atoms with Gasteiger partial charge in [0, 0.05) is 12.7 Å². The third-order valence-corrected chi connectivity index (χ3v) is 3.46. The first-order valence-corrected chi connectivity index (χ1v) is 7.43. The number of imidazole rings is 1. The molecule has 0 fully saturated rings. The molecule has 0 spiro atoms. The highest BCUT2D eigenvalue weighted by Crippen LogP contribution is 2.14. The average molecular weight is 288 g/mol. The molecular weight excluding hydrogens is 264 g/mol. The Bertz CT molecular complexity index is 630. The molecule has 2 heterocycles. The number of aromatic nitrogens is 2. The molecule has 0 saturated carbocycles. The highest BCUT2D eigenvalue weighted by Gasteiger charge is 2.17. The molecule has 0 aliphatic rings. The molecule has 2 aromatic rings. The van der Waals surface area contributed by atoms with Gasteiger partial charge in [-0.1, -0.05) is 13.0 Å². The zero-order valence-electron chi connectivity index (χ0n) is 13.3. The fourth-order valence-electron chi connectivity index (χ4n) is 2.37. The van der Waals surface area contributed by atoms with Crippen molar-refractivity contribution in [3.05, 3.63) is 35.3 Å². The van der Waals surface area contributed by atoms with Crippen molar-refractivity contribution in [2.75, 3.05) is 27.2 Å². The molecular formula is C16H24N4O. The number of carbonyl (C=O) groups is 1. The number of nitrogens with zero attached hydrogens (tertiary/aromatic N) is 3. The zero-order valence-corrected chi connectivity index (χ0v) is 13.3. The smallest absolute Gasteiger partial charge is 0.270 e. The summed E-state index contributed by atoms with van der Waals surface area (Å²) >= 11 is 0. The van der Waals surface area contributed by atoms with Crippen LogP contribution in [0.4, 0.5) is 0 Å². The van der Waals surface area contributed by atoms with Gasteiger partial charge in [0.15, 0.2) is 0 Å². The summed E-state index contributed by atoms with van der Waals surface area (Å²) < 4.78 is 1.90. The van der Waals surface area contributed by atoms with Gasteiger partial charge < -0.3 is 10.2 Å². The van der Waals surface area contributed by atoms with Crippen LogP contribution < -0.4 is 5.32 Å². The van der Waals surface area contributed by atoms with Gasteiger partial charge in [-0.2, -0.15) is 0 Å². The number of rotatable bonds is 6. The Kier molecular flexibility index (Phi) is 4.96. The summed E-state index contributed by atoms with van der Waals surface area (Å²) in [6, 6.07) is 3.97. The van der Waals surface area contributed by atoms with E-state index in [4.69, 9.17) is 0 Å². The molecule has 0 saturated heterocycles. The van der Waals surface area contributed by atoms with Crippen molar-refractivity contribution >= 4 is 11.6 Å². The van der Waals surface area contributed by atoms with Crippen LogP contribution in [0.25, 0.3) is 5.65 Å². The molecule has 0 bridgehead atoms. The predicted molar refractivity (Wildman–Crippen MR) is 84.8 cm³/mol. The molecule has 0 aliphatic heterocycles. The van der Waals surface area contributed by atoms with Crippen molar-refractivity contribution in [3.8, 4) is 0 Å². The minimum Gasteiger partial charge on any atom is -0.351 e. The molecule has 1 N–H and O–H groups in total. The van der Waals surface area contributed by atoms with Crippen LogP contribution >= 0.6 is 0 Å². The number of fused-ring (bicyclic) bond motifs is 1. The Morgan fingerprint density at radius 2 is 2.14 bits per heavy atom. The zero-order chi connectivity index (χ0) is 15.4. The highest BCUT2D eigenvalue weighted by atomic mass is 16.1. The van der Waals surface area contributed by atoms with Crippen LogP contribution in [0.3, 0.4) is 0 Å². The molecule has 114 valence electrons. The Labute approximate surface area is 126 Å². The summed E-state index contributed by atoms with van der Waals surface area (Å²) in [5.74, 6) is -0.0382. The van der Waals surface area contributed by atoms with E-state index >= 15 is 0 Å². The molecule has 0 radical (unpaired) electrons. The Morgan fingerprint density at radius 3 is 2.81 bits per heavy atom. The molecule has 1 amide bonds. The van der Waals surface area contributed by atoms with E-state index in [2.05, 4.69) is 15.2 Å². The Hall–Kier alpha value is -1.88. The van der Waals surface area contributed by atoms with Crippen LogP contribution in [-0.2, 0) is 6.42 Å². The maximum Gasteiger partial charge on any atom is 0.270 e. The van der Waals surface area contributed by atoms with E-state index in [-0.39, 0.29) is 5.91 Å². The molecule has 2 aromatic heterocycles. The summed E-state index contributed by atoms with van der Waals surface area (Å²) in [6.45, 7) is 5.69. The largest absolute Gasteiger partial charge is 0.351 e. The van der Waals surface area contributed by atoms with Gasteiger partial charge in [0.2, 0.25) is 0 Å². The number of hydrogen-bond acceptors (Lipinski definition) is 3. The Balaban J connectivity index is 2.19. The predicted octanol–water partition coefficient (Wildman–Crippen LogP) is 1.89. The van der Waals surface area contributed by atoms with Gasteiger partial charge in [0.1, 0.15) is 11.3 Å². The van der Waals surface area contributed by atoms with Gasteiger partial charge in [0.05, 0.1) is 5.69 Å². The molecule has 5 nitrogen and oxygen atoms in total. The van der Waals surface area contributed by atoms with E-state index in [1.165, 1.54) is 0 Å². The standard InChI is InChI=1S/C16H24N4O/c1-5-13-15(16(21)17-9-6-10-19(3)4)20-11-12(2)7-8-14(20)18-13/h7-8,11H,5-6,9-10H2,1-4H3,(H,17,21). The van der Waals surface area contributed by atoms with Crippen LogP contribution in [0.5, 0.6) is 0 Å². The fraction of sp³-hybridized carbons (Fsp3) is 0.500. The van der Waals surface area contributed by atoms with Crippen LogP contribution in [-0.4, -0.2) is 47.4 Å². The molecule has 0 unspecified atom stereocenters. The normalized spacial score (nSPS) is 11.3. The Morgan fingerprint density at radius 1 is 1.38 bits per heavy atom. The van der Waals surface area contributed by atoms with Crippen molar-refractivity contribution in [3.63, 3.8) is 0 Å². The monoisotopic (exact) mass is 288 g/mol. The first kappa shape index (κ1) is 15.5. The topological polar surface area (TPSA) is 49.6 Å². The molecule has 2 rings (SSSR count). The van der Waals surface area contributed by atoms with Gasteiger partial charge in [-0.05, 0) is 52.0 Å². The third kappa shape index (κ3) is 3.61. The summed E-state index contributed by atoms with van der Waals surface area (Å²) in [5.41, 5.74) is 3.46. The van der Waals surface area contributed by atoms with Crippen LogP contribution in [0.1, 0.15) is 35.1 Å². The van der Waals surface area contributed by atoms with E-state index in [1.807, 2.05) is 50.7 Å². The third-order valence-electron chi connectivity index (χ3n) is 3.46. The van der Waals surface area contributed by atoms with Crippen molar-refractivity contribution in [1.29, 1.82) is 0 Å². The van der Waals surface area contributed by atoms with Crippen molar-refractivity contribution < 1.29 is 4.79 Å². The average Bonchev–Trinajstić information content (AvgIpc) is 2.80. The quantitative estimate of drug-likeness (QED) is 0.826. The van der Waals surface area contributed by atoms with Crippen molar-refractivity contribution in [2.24, 2.45) is 0 Å². The van der Waals surface area contributed by atoms with Crippen molar-refractivity contribution in [1.82, 2.24) is 19.6 Å². The fourth-order valence-corrected chi connectivity index (χ4v) is 2.37. The summed E-state index contributed by atoms with van der Waals surface area (Å²) in [7, 11) is 4.06. The minimum atomic E-state index is -0.0382. The van der Waals surface area contributed by atoms with Crippen LogP contribution in [0, 0.1) is 6.92 Å². The van der Waals surface area contributed by atoms with E-state index in [0.717, 1.165) is 36.3 Å². The number of aryl methyl sites for hydroxylation is 2. The number of amides is 1. The van der Waals surface area contributed by atoms with Gasteiger partial charge in [-0.3, -0.25) is 9.20 Å². The van der Waals surface area contributed by atoms with E-state index in [9.17, 15) is 4.79 Å². The lowest BCUT2D eigenvalue weighted by molar-refractivity contribution is 0.0945. The van der Waals surface area contributed by atoms with Crippen LogP contribution in [0.15, 0.2) is 18.3 Å². The van der Waals surface area contributed by atoms with Gasteiger partial charge in [-0.15, -0.1) is 0 Å². The maximum absolute atomic E-state index is 12.5. The second-order valence-electron chi connectivity index (χ2n) is 5.61. The lowest BCUT2D eigenvalue weighted by atomic mass is 10.2. The number of pyridine rings is 1. The molecule has 0 aromatic carbocycles. The molecule has 0 aliphatic carbocycles. The lowest BCUT2D eigenvalue weighted by Crippen LogP contribution is -2.28. The highest BCUT2D eigenvalue weighted by molar-refractivity contribution is 5.94. The van der Waals surface area contributed by atoms with E-state index < -0.39 is 0 Å². The second-order valence-corrected chi connectivity index (χ2v) is 5.61. The summed E-state index contributed by atoms with van der Waals surface area (Å²) in [5, 5.41) is 3.00. The molecule has 0 atom stereocenters. The van der Waals surface area contributed by atoms with Crippen LogP contribution in [0.2, 0.25) is 0 Å². The number of carbonyl (C=O) groups excluding carboxylic acids is 1. The van der Waals surface area contributed by atoms with Crippen molar-refractivity contribution in [2.45, 2.75) is 26.7 Å². The van der Waals surface area contributed by atoms with E-state index in [0.29, 0.717) is 12.2 Å². The summed E-state index contributed by atoms with van der Waals surface area (Å²) in [6.07, 6.45) is 3.66. The molecule has 21 heavy (non-hydrogen) atoms. The second kappa shape index (κ2) is 6.72. The summed E-state index contributed by atoms with van der Waals surface area (Å²) in [4.78, 5) is 19.1. The van der Waals surface area contributed by atoms with Gasteiger partial charge >= 0.3 is 0 Å².